The number of aliphatic hydroxyl groups is 1. The van der Waals surface area contributed by atoms with Crippen molar-refractivity contribution in [2.75, 3.05) is 7.11 Å². The Labute approximate surface area is 71.2 Å². The van der Waals surface area contributed by atoms with Gasteiger partial charge in [0.1, 0.15) is 0 Å². The monoisotopic (exact) mass is 168 g/mol. The molecule has 1 N–H and O–H groups in total. The summed E-state index contributed by atoms with van der Waals surface area (Å²) in [5, 5.41) is 8.94. The van der Waals surface area contributed by atoms with Gasteiger partial charge in [0.25, 0.3) is 0 Å². The molecular formula is C8H12N2O2. The first-order valence-corrected chi connectivity index (χ1v) is 3.68. The minimum absolute atomic E-state index is 0.0261. The number of aryl methyl sites for hydroxylation is 2. The largest absolute Gasteiger partial charge is 0.467 e. The lowest BCUT2D eigenvalue weighted by Crippen LogP contribution is -2.02. The number of aliphatic hydroxyl groups excluding tert-OH is 1. The summed E-state index contributed by atoms with van der Waals surface area (Å²) in [6.45, 7) is 3.62. The van der Waals surface area contributed by atoms with Crippen LogP contribution in [0.5, 0.6) is 6.01 Å². The lowest BCUT2D eigenvalue weighted by molar-refractivity contribution is 0.277. The van der Waals surface area contributed by atoms with Gasteiger partial charge in [-0.2, -0.15) is 0 Å². The van der Waals surface area contributed by atoms with Gasteiger partial charge >= 0.3 is 6.01 Å². The first kappa shape index (κ1) is 8.93. The van der Waals surface area contributed by atoms with Crippen molar-refractivity contribution in [3.8, 4) is 6.01 Å². The molecule has 0 aliphatic heterocycles. The fourth-order valence-corrected chi connectivity index (χ4v) is 1.03. The van der Waals surface area contributed by atoms with E-state index in [1.807, 2.05) is 13.8 Å². The van der Waals surface area contributed by atoms with Crippen LogP contribution in [0.4, 0.5) is 0 Å². The second kappa shape index (κ2) is 3.49. The predicted octanol–water partition coefficient (Wildman–Crippen LogP) is 0.594. The summed E-state index contributed by atoms with van der Waals surface area (Å²) >= 11 is 0. The molecule has 12 heavy (non-hydrogen) atoms. The average Bonchev–Trinajstić information content (AvgIpc) is 2.03. The van der Waals surface area contributed by atoms with Crippen LogP contribution in [0.15, 0.2) is 0 Å². The number of ether oxygens (including phenoxy) is 1. The minimum atomic E-state index is -0.0261. The van der Waals surface area contributed by atoms with E-state index in [0.29, 0.717) is 6.01 Å². The van der Waals surface area contributed by atoms with Crippen LogP contribution in [0, 0.1) is 13.8 Å². The first-order chi connectivity index (χ1) is 5.69. The quantitative estimate of drug-likeness (QED) is 0.702. The highest BCUT2D eigenvalue weighted by Gasteiger charge is 2.06. The standard InChI is InChI=1S/C8H12N2O2/c1-5-7(4-11)6(2)10-8(9-5)12-3/h11H,4H2,1-3H3. The van der Waals surface area contributed by atoms with E-state index >= 15 is 0 Å². The number of methoxy groups -OCH3 is 1. The van der Waals surface area contributed by atoms with Gasteiger partial charge in [0.15, 0.2) is 0 Å². The van der Waals surface area contributed by atoms with E-state index in [9.17, 15) is 0 Å². The SMILES string of the molecule is COc1nc(C)c(CO)c(C)n1. The molecule has 1 aromatic rings. The van der Waals surface area contributed by atoms with E-state index in [0.717, 1.165) is 17.0 Å². The molecule has 0 saturated heterocycles. The Hall–Kier alpha value is -1.16. The van der Waals surface area contributed by atoms with Crippen molar-refractivity contribution >= 4 is 0 Å². The van der Waals surface area contributed by atoms with Gasteiger partial charge < -0.3 is 9.84 Å². The van der Waals surface area contributed by atoms with Crippen molar-refractivity contribution in [3.63, 3.8) is 0 Å². The van der Waals surface area contributed by atoms with E-state index < -0.39 is 0 Å². The van der Waals surface area contributed by atoms with Gasteiger partial charge in [-0.15, -0.1) is 0 Å². The Balaban J connectivity index is 3.18. The second-order valence-corrected chi connectivity index (χ2v) is 2.52. The molecule has 0 fully saturated rings. The third-order valence-electron chi connectivity index (χ3n) is 1.74. The Morgan fingerprint density at radius 2 is 1.75 bits per heavy atom. The average molecular weight is 168 g/mol. The maximum atomic E-state index is 8.94. The van der Waals surface area contributed by atoms with Crippen LogP contribution in [0.3, 0.4) is 0 Å². The van der Waals surface area contributed by atoms with Gasteiger partial charge in [0, 0.05) is 5.56 Å². The maximum Gasteiger partial charge on any atom is 0.316 e. The summed E-state index contributed by atoms with van der Waals surface area (Å²) in [7, 11) is 1.52. The molecular weight excluding hydrogens is 156 g/mol. The number of hydrogen-bond donors (Lipinski definition) is 1. The van der Waals surface area contributed by atoms with Gasteiger partial charge in [-0.25, -0.2) is 9.97 Å². The summed E-state index contributed by atoms with van der Waals surface area (Å²) < 4.78 is 4.87. The molecule has 0 aromatic carbocycles. The molecule has 1 aromatic heterocycles. The van der Waals surface area contributed by atoms with Gasteiger partial charge in [-0.3, -0.25) is 0 Å². The molecule has 66 valence electrons. The van der Waals surface area contributed by atoms with E-state index in [1.165, 1.54) is 7.11 Å². The molecule has 1 heterocycles. The van der Waals surface area contributed by atoms with Crippen molar-refractivity contribution in [1.29, 1.82) is 0 Å². The lowest BCUT2D eigenvalue weighted by Gasteiger charge is -2.06. The zero-order valence-corrected chi connectivity index (χ0v) is 7.46. The van der Waals surface area contributed by atoms with E-state index in [2.05, 4.69) is 9.97 Å². The fourth-order valence-electron chi connectivity index (χ4n) is 1.03. The summed E-state index contributed by atoms with van der Waals surface area (Å²) in [4.78, 5) is 8.06. The van der Waals surface area contributed by atoms with Crippen molar-refractivity contribution in [1.82, 2.24) is 9.97 Å². The third kappa shape index (κ3) is 1.53. The summed E-state index contributed by atoms with van der Waals surface area (Å²) in [6.07, 6.45) is 0. The number of hydrogen-bond acceptors (Lipinski definition) is 4. The van der Waals surface area contributed by atoms with Crippen molar-refractivity contribution < 1.29 is 9.84 Å². The fraction of sp³-hybridized carbons (Fsp3) is 0.500. The Kier molecular flexibility index (Phi) is 2.60. The second-order valence-electron chi connectivity index (χ2n) is 2.52. The number of rotatable bonds is 2. The number of aromatic nitrogens is 2. The molecule has 0 saturated carbocycles. The Morgan fingerprint density at radius 3 is 2.08 bits per heavy atom. The molecule has 0 radical (unpaired) electrons. The lowest BCUT2D eigenvalue weighted by atomic mass is 10.2. The highest BCUT2D eigenvalue weighted by Crippen LogP contribution is 2.12. The number of nitrogens with zero attached hydrogens (tertiary/aromatic N) is 2. The Bertz CT molecular complexity index is 263. The first-order valence-electron chi connectivity index (χ1n) is 3.68. The van der Waals surface area contributed by atoms with Crippen LogP contribution in [0.25, 0.3) is 0 Å². The molecule has 1 rings (SSSR count). The normalized spacial score (nSPS) is 10.0. The third-order valence-corrected chi connectivity index (χ3v) is 1.74. The molecule has 0 aliphatic rings. The summed E-state index contributed by atoms with van der Waals surface area (Å²) in [6, 6.07) is 0.349. The van der Waals surface area contributed by atoms with Crippen molar-refractivity contribution in [2.24, 2.45) is 0 Å². The predicted molar refractivity (Wildman–Crippen MR) is 44.0 cm³/mol. The molecule has 0 amide bonds. The minimum Gasteiger partial charge on any atom is -0.467 e. The highest BCUT2D eigenvalue weighted by atomic mass is 16.5. The van der Waals surface area contributed by atoms with Crippen LogP contribution >= 0.6 is 0 Å². The van der Waals surface area contributed by atoms with Gasteiger partial charge in [-0.05, 0) is 13.8 Å². The topological polar surface area (TPSA) is 55.2 Å². The maximum absolute atomic E-state index is 8.94. The molecule has 0 aliphatic carbocycles. The molecule has 0 spiro atoms. The van der Waals surface area contributed by atoms with E-state index in [1.54, 1.807) is 0 Å². The van der Waals surface area contributed by atoms with Gasteiger partial charge in [0.2, 0.25) is 0 Å². The molecule has 0 atom stereocenters. The van der Waals surface area contributed by atoms with E-state index in [4.69, 9.17) is 9.84 Å². The summed E-state index contributed by atoms with van der Waals surface area (Å²) in [5.41, 5.74) is 2.31. The smallest absolute Gasteiger partial charge is 0.316 e. The zero-order chi connectivity index (χ0) is 9.14. The molecule has 0 bridgehead atoms. The molecule has 4 heteroatoms. The summed E-state index contributed by atoms with van der Waals surface area (Å²) in [5.74, 6) is 0. The van der Waals surface area contributed by atoms with Gasteiger partial charge in [0.05, 0.1) is 25.1 Å². The molecule has 4 nitrogen and oxygen atoms in total. The zero-order valence-electron chi connectivity index (χ0n) is 7.46. The van der Waals surface area contributed by atoms with E-state index in [-0.39, 0.29) is 6.61 Å². The Morgan fingerprint density at radius 1 is 1.25 bits per heavy atom. The van der Waals surface area contributed by atoms with Crippen molar-refractivity contribution in [2.45, 2.75) is 20.5 Å². The van der Waals surface area contributed by atoms with Crippen LogP contribution in [0.1, 0.15) is 17.0 Å². The van der Waals surface area contributed by atoms with Crippen LogP contribution in [-0.4, -0.2) is 22.2 Å². The molecule has 0 unspecified atom stereocenters. The highest BCUT2D eigenvalue weighted by molar-refractivity contribution is 5.24. The van der Waals surface area contributed by atoms with Crippen LogP contribution in [0.2, 0.25) is 0 Å². The van der Waals surface area contributed by atoms with Crippen LogP contribution in [-0.2, 0) is 6.61 Å². The van der Waals surface area contributed by atoms with Gasteiger partial charge in [-0.1, -0.05) is 0 Å². The van der Waals surface area contributed by atoms with Crippen LogP contribution < -0.4 is 4.74 Å². The van der Waals surface area contributed by atoms with Crippen molar-refractivity contribution in [3.05, 3.63) is 17.0 Å².